The van der Waals surface area contributed by atoms with E-state index < -0.39 is 9.05 Å². The Morgan fingerprint density at radius 1 is 1.47 bits per heavy atom. The zero-order valence-corrected chi connectivity index (χ0v) is 11.4. The first-order chi connectivity index (χ1) is 7.86. The average Bonchev–Trinajstić information content (AvgIpc) is 2.24. The second-order valence-corrected chi connectivity index (χ2v) is 6.46. The molecule has 3 nitrogen and oxygen atoms in total. The minimum atomic E-state index is -3.70. The quantitative estimate of drug-likeness (QED) is 0.611. The van der Waals surface area contributed by atoms with Crippen molar-refractivity contribution in [3.05, 3.63) is 36.4 Å². The van der Waals surface area contributed by atoms with E-state index in [1.807, 2.05) is 13.8 Å². The maximum absolute atomic E-state index is 11.2. The van der Waals surface area contributed by atoms with Crippen molar-refractivity contribution in [2.45, 2.75) is 24.7 Å². The smallest absolute Gasteiger partial charge is 0.261 e. The number of benzene rings is 1. The molecular formula is C12H15ClO3S. The van der Waals surface area contributed by atoms with Gasteiger partial charge in [-0.2, -0.15) is 0 Å². The summed E-state index contributed by atoms with van der Waals surface area (Å²) in [5, 5.41) is 0. The zero-order chi connectivity index (χ0) is 13.1. The van der Waals surface area contributed by atoms with E-state index in [4.69, 9.17) is 15.4 Å². The van der Waals surface area contributed by atoms with Gasteiger partial charge in [0.1, 0.15) is 12.4 Å². The molecule has 0 N–H and O–H groups in total. The van der Waals surface area contributed by atoms with Gasteiger partial charge in [-0.15, -0.1) is 0 Å². The fraction of sp³-hybridized carbons (Fsp3) is 0.333. The molecule has 0 heterocycles. The molecule has 0 amide bonds. The van der Waals surface area contributed by atoms with Gasteiger partial charge in [0.05, 0.1) is 4.90 Å². The molecule has 0 atom stereocenters. The van der Waals surface area contributed by atoms with E-state index in [1.54, 1.807) is 18.2 Å². The lowest BCUT2D eigenvalue weighted by molar-refractivity contribution is 0.357. The Hall–Kier alpha value is -1.00. The Kier molecular flexibility index (Phi) is 4.60. The molecule has 1 aromatic rings. The van der Waals surface area contributed by atoms with Gasteiger partial charge in [-0.05, 0) is 29.7 Å². The Labute approximate surface area is 106 Å². The highest BCUT2D eigenvalue weighted by Crippen LogP contribution is 2.30. The summed E-state index contributed by atoms with van der Waals surface area (Å²) in [4.78, 5) is 0.0915. The summed E-state index contributed by atoms with van der Waals surface area (Å²) in [7, 11) is 1.61. The van der Waals surface area contributed by atoms with Gasteiger partial charge in [0.25, 0.3) is 9.05 Å². The fourth-order valence-electron chi connectivity index (χ4n) is 1.41. The number of rotatable bonds is 5. The van der Waals surface area contributed by atoms with Crippen LogP contribution < -0.4 is 4.74 Å². The average molecular weight is 275 g/mol. The van der Waals surface area contributed by atoms with Crippen molar-refractivity contribution in [2.75, 3.05) is 6.61 Å². The molecule has 0 radical (unpaired) electrons. The SMILES string of the molecule is C=CCOc1ccc(S(=O)(=O)Cl)cc1C(C)C. The number of hydrogen-bond acceptors (Lipinski definition) is 3. The summed E-state index contributed by atoms with van der Waals surface area (Å²) >= 11 is 0. The van der Waals surface area contributed by atoms with Crippen LogP contribution in [0.5, 0.6) is 5.75 Å². The Bertz CT molecular complexity index is 506. The van der Waals surface area contributed by atoms with Gasteiger partial charge in [-0.25, -0.2) is 8.42 Å². The van der Waals surface area contributed by atoms with E-state index in [9.17, 15) is 8.42 Å². The summed E-state index contributed by atoms with van der Waals surface area (Å²) in [5.74, 6) is 0.803. The van der Waals surface area contributed by atoms with Gasteiger partial charge >= 0.3 is 0 Å². The van der Waals surface area contributed by atoms with Gasteiger partial charge < -0.3 is 4.74 Å². The predicted molar refractivity (Wildman–Crippen MR) is 69.3 cm³/mol. The summed E-state index contributed by atoms with van der Waals surface area (Å²) in [6.07, 6.45) is 1.64. The number of halogens is 1. The molecule has 0 bridgehead atoms. The van der Waals surface area contributed by atoms with Crippen LogP contribution in [-0.2, 0) is 9.05 Å². The molecule has 17 heavy (non-hydrogen) atoms. The van der Waals surface area contributed by atoms with E-state index in [1.165, 1.54) is 6.07 Å². The maximum Gasteiger partial charge on any atom is 0.261 e. The van der Waals surface area contributed by atoms with Crippen molar-refractivity contribution in [3.8, 4) is 5.75 Å². The molecule has 0 unspecified atom stereocenters. The van der Waals surface area contributed by atoms with Crippen molar-refractivity contribution < 1.29 is 13.2 Å². The van der Waals surface area contributed by atoms with Crippen molar-refractivity contribution in [1.82, 2.24) is 0 Å². The standard InChI is InChI=1S/C12H15ClO3S/c1-4-7-16-12-6-5-10(17(13,14)15)8-11(12)9(2)3/h4-6,8-9H,1,7H2,2-3H3. The van der Waals surface area contributed by atoms with Crippen LogP contribution in [-0.4, -0.2) is 15.0 Å². The molecule has 1 aromatic carbocycles. The fourth-order valence-corrected chi connectivity index (χ4v) is 2.20. The highest BCUT2D eigenvalue weighted by atomic mass is 35.7. The van der Waals surface area contributed by atoms with E-state index in [0.717, 1.165) is 5.56 Å². The van der Waals surface area contributed by atoms with Crippen molar-refractivity contribution >= 4 is 19.7 Å². The molecule has 0 aliphatic heterocycles. The summed E-state index contributed by atoms with van der Waals surface area (Å²) in [5.41, 5.74) is 0.813. The van der Waals surface area contributed by atoms with E-state index in [2.05, 4.69) is 6.58 Å². The van der Waals surface area contributed by atoms with Gasteiger partial charge in [0.2, 0.25) is 0 Å². The van der Waals surface area contributed by atoms with Crippen LogP contribution >= 0.6 is 10.7 Å². The monoisotopic (exact) mass is 274 g/mol. The number of hydrogen-bond donors (Lipinski definition) is 0. The third-order valence-corrected chi connectivity index (χ3v) is 3.59. The normalized spacial score (nSPS) is 11.5. The topological polar surface area (TPSA) is 43.4 Å². The Balaban J connectivity index is 3.22. The van der Waals surface area contributed by atoms with Gasteiger partial charge in [0.15, 0.2) is 0 Å². The molecule has 0 saturated carbocycles. The molecule has 1 rings (SSSR count). The van der Waals surface area contributed by atoms with Gasteiger partial charge in [-0.3, -0.25) is 0 Å². The largest absolute Gasteiger partial charge is 0.489 e. The first kappa shape index (κ1) is 14.1. The van der Waals surface area contributed by atoms with Crippen molar-refractivity contribution in [3.63, 3.8) is 0 Å². The Morgan fingerprint density at radius 3 is 2.59 bits per heavy atom. The van der Waals surface area contributed by atoms with Crippen molar-refractivity contribution in [2.24, 2.45) is 0 Å². The highest BCUT2D eigenvalue weighted by molar-refractivity contribution is 8.13. The molecule has 0 aliphatic rings. The molecule has 0 spiro atoms. The third-order valence-electron chi connectivity index (χ3n) is 2.24. The van der Waals surface area contributed by atoms with Crippen LogP contribution in [0.15, 0.2) is 35.7 Å². The van der Waals surface area contributed by atoms with Crippen LogP contribution in [0.1, 0.15) is 25.3 Å². The van der Waals surface area contributed by atoms with E-state index >= 15 is 0 Å². The van der Waals surface area contributed by atoms with E-state index in [-0.39, 0.29) is 10.8 Å². The second kappa shape index (κ2) is 5.56. The lowest BCUT2D eigenvalue weighted by Crippen LogP contribution is -2.01. The first-order valence-electron chi connectivity index (χ1n) is 5.18. The molecular weight excluding hydrogens is 260 g/mol. The van der Waals surface area contributed by atoms with Gasteiger partial charge in [-0.1, -0.05) is 26.5 Å². The summed E-state index contributed by atoms with van der Waals surface area (Å²) < 4.78 is 27.9. The zero-order valence-electron chi connectivity index (χ0n) is 9.81. The van der Waals surface area contributed by atoms with Gasteiger partial charge in [0, 0.05) is 10.7 Å². The minimum absolute atomic E-state index is 0.0915. The van der Waals surface area contributed by atoms with E-state index in [0.29, 0.717) is 12.4 Å². The summed E-state index contributed by atoms with van der Waals surface area (Å²) in [6.45, 7) is 7.86. The number of ether oxygens (including phenoxy) is 1. The van der Waals surface area contributed by atoms with Crippen molar-refractivity contribution in [1.29, 1.82) is 0 Å². The third kappa shape index (κ3) is 3.75. The molecule has 0 fully saturated rings. The molecule has 5 heteroatoms. The molecule has 0 saturated heterocycles. The lowest BCUT2D eigenvalue weighted by Gasteiger charge is -2.13. The summed E-state index contributed by atoms with van der Waals surface area (Å²) in [6, 6.07) is 4.60. The Morgan fingerprint density at radius 2 is 2.12 bits per heavy atom. The van der Waals surface area contributed by atoms with Crippen LogP contribution in [0.2, 0.25) is 0 Å². The molecule has 0 aromatic heterocycles. The highest BCUT2D eigenvalue weighted by Gasteiger charge is 2.15. The van der Waals surface area contributed by atoms with Crippen LogP contribution in [0.4, 0.5) is 0 Å². The maximum atomic E-state index is 11.2. The predicted octanol–water partition coefficient (Wildman–Crippen LogP) is 3.30. The second-order valence-electron chi connectivity index (χ2n) is 3.89. The molecule has 94 valence electrons. The minimum Gasteiger partial charge on any atom is -0.489 e. The molecule has 0 aliphatic carbocycles. The van der Waals surface area contributed by atoms with Crippen LogP contribution in [0.25, 0.3) is 0 Å². The first-order valence-corrected chi connectivity index (χ1v) is 7.49. The lowest BCUT2D eigenvalue weighted by atomic mass is 10.0. The van der Waals surface area contributed by atoms with Crippen LogP contribution in [0, 0.1) is 0 Å². The van der Waals surface area contributed by atoms with Crippen LogP contribution in [0.3, 0.4) is 0 Å².